The van der Waals surface area contributed by atoms with E-state index in [9.17, 15) is 14.4 Å². The van der Waals surface area contributed by atoms with Gasteiger partial charge in [0.1, 0.15) is 5.75 Å². The minimum Gasteiger partial charge on any atom is -0.426 e. The molecule has 0 aromatic heterocycles. The van der Waals surface area contributed by atoms with Gasteiger partial charge in [0.2, 0.25) is 11.8 Å². The topological polar surface area (TPSA) is 84.5 Å². The lowest BCUT2D eigenvalue weighted by Crippen LogP contribution is -2.28. The van der Waals surface area contributed by atoms with Crippen molar-refractivity contribution >= 4 is 23.5 Å². The quantitative estimate of drug-likeness (QED) is 0.598. The SMILES string of the molecule is CC(=O)Nc1ccc(OC(=O)CCNC(=O)Cc2ccccc2)cc1. The van der Waals surface area contributed by atoms with Gasteiger partial charge in [-0.25, -0.2) is 0 Å². The molecule has 0 aliphatic carbocycles. The number of benzene rings is 2. The van der Waals surface area contributed by atoms with E-state index in [1.807, 2.05) is 30.3 Å². The van der Waals surface area contributed by atoms with Gasteiger partial charge in [0.05, 0.1) is 12.8 Å². The van der Waals surface area contributed by atoms with Crippen LogP contribution < -0.4 is 15.4 Å². The summed E-state index contributed by atoms with van der Waals surface area (Å²) in [6.45, 7) is 1.63. The van der Waals surface area contributed by atoms with Crippen LogP contribution in [0.3, 0.4) is 0 Å². The number of carbonyl (C=O) groups is 3. The molecule has 2 aromatic rings. The van der Waals surface area contributed by atoms with Crippen molar-refractivity contribution in [1.29, 1.82) is 0 Å². The summed E-state index contributed by atoms with van der Waals surface area (Å²) < 4.78 is 5.17. The van der Waals surface area contributed by atoms with E-state index in [4.69, 9.17) is 4.74 Å². The van der Waals surface area contributed by atoms with Crippen LogP contribution in [-0.2, 0) is 20.8 Å². The maximum absolute atomic E-state index is 11.8. The highest BCUT2D eigenvalue weighted by molar-refractivity contribution is 5.88. The minimum atomic E-state index is -0.438. The molecule has 0 atom stereocenters. The highest BCUT2D eigenvalue weighted by atomic mass is 16.5. The first-order valence-corrected chi connectivity index (χ1v) is 7.92. The molecule has 25 heavy (non-hydrogen) atoms. The van der Waals surface area contributed by atoms with Gasteiger partial charge in [-0.15, -0.1) is 0 Å². The third-order valence-corrected chi connectivity index (χ3v) is 3.27. The van der Waals surface area contributed by atoms with Crippen LogP contribution in [0.2, 0.25) is 0 Å². The van der Waals surface area contributed by atoms with Crippen LogP contribution >= 0.6 is 0 Å². The molecule has 0 unspecified atom stereocenters. The third-order valence-electron chi connectivity index (χ3n) is 3.27. The molecule has 2 amide bonds. The average molecular weight is 340 g/mol. The van der Waals surface area contributed by atoms with Gasteiger partial charge >= 0.3 is 5.97 Å². The molecule has 0 heterocycles. The molecule has 0 spiro atoms. The van der Waals surface area contributed by atoms with E-state index in [-0.39, 0.29) is 31.2 Å². The highest BCUT2D eigenvalue weighted by Crippen LogP contribution is 2.16. The number of rotatable bonds is 7. The molecule has 2 rings (SSSR count). The van der Waals surface area contributed by atoms with Gasteiger partial charge in [-0.05, 0) is 29.8 Å². The average Bonchev–Trinajstić information content (AvgIpc) is 2.57. The summed E-state index contributed by atoms with van der Waals surface area (Å²) in [6.07, 6.45) is 0.356. The normalized spacial score (nSPS) is 9.96. The molecule has 0 aliphatic heterocycles. The van der Waals surface area contributed by atoms with Gasteiger partial charge in [0.15, 0.2) is 0 Å². The largest absolute Gasteiger partial charge is 0.426 e. The van der Waals surface area contributed by atoms with Crippen molar-refractivity contribution in [1.82, 2.24) is 5.32 Å². The molecule has 6 heteroatoms. The van der Waals surface area contributed by atoms with Gasteiger partial charge < -0.3 is 15.4 Å². The Morgan fingerprint density at radius 3 is 2.28 bits per heavy atom. The second kappa shape index (κ2) is 9.22. The van der Waals surface area contributed by atoms with E-state index in [1.54, 1.807) is 24.3 Å². The number of hydrogen-bond donors (Lipinski definition) is 2. The molecule has 0 saturated heterocycles. The monoisotopic (exact) mass is 340 g/mol. The number of hydrogen-bond acceptors (Lipinski definition) is 4. The lowest BCUT2D eigenvalue weighted by Gasteiger charge is -2.07. The lowest BCUT2D eigenvalue weighted by atomic mass is 10.1. The van der Waals surface area contributed by atoms with Crippen molar-refractivity contribution in [3.05, 3.63) is 60.2 Å². The Morgan fingerprint density at radius 1 is 0.960 bits per heavy atom. The summed E-state index contributed by atoms with van der Waals surface area (Å²) in [5.74, 6) is -0.364. The molecule has 0 radical (unpaired) electrons. The fourth-order valence-corrected chi connectivity index (χ4v) is 2.14. The van der Waals surface area contributed by atoms with Crippen LogP contribution in [0.25, 0.3) is 0 Å². The molecular weight excluding hydrogens is 320 g/mol. The Hall–Kier alpha value is -3.15. The predicted molar refractivity (Wildman–Crippen MR) is 94.2 cm³/mol. The standard InChI is InChI=1S/C19H20N2O4/c1-14(22)21-16-7-9-17(10-8-16)25-19(24)11-12-20-18(23)13-15-5-3-2-4-6-15/h2-10H,11-13H2,1H3,(H,20,23)(H,21,22). The second-order valence-electron chi connectivity index (χ2n) is 5.44. The zero-order chi connectivity index (χ0) is 18.1. The summed E-state index contributed by atoms with van der Waals surface area (Å²) in [4.78, 5) is 34.5. The van der Waals surface area contributed by atoms with E-state index in [2.05, 4.69) is 10.6 Å². The Kier molecular flexibility index (Phi) is 6.71. The predicted octanol–water partition coefficient (Wildman–Crippen LogP) is 2.30. The molecule has 0 saturated carbocycles. The Morgan fingerprint density at radius 2 is 1.64 bits per heavy atom. The molecule has 0 bridgehead atoms. The fourth-order valence-electron chi connectivity index (χ4n) is 2.14. The van der Waals surface area contributed by atoms with Gasteiger partial charge in [-0.3, -0.25) is 14.4 Å². The van der Waals surface area contributed by atoms with Crippen LogP contribution in [-0.4, -0.2) is 24.3 Å². The van der Waals surface area contributed by atoms with Crippen molar-refractivity contribution in [2.24, 2.45) is 0 Å². The summed E-state index contributed by atoms with van der Waals surface area (Å²) >= 11 is 0. The van der Waals surface area contributed by atoms with E-state index >= 15 is 0 Å². The van der Waals surface area contributed by atoms with Gasteiger partial charge in [-0.1, -0.05) is 30.3 Å². The number of carbonyl (C=O) groups excluding carboxylic acids is 3. The fraction of sp³-hybridized carbons (Fsp3) is 0.211. The number of nitrogens with one attached hydrogen (secondary N) is 2. The van der Waals surface area contributed by atoms with E-state index in [0.717, 1.165) is 5.56 Å². The smallest absolute Gasteiger partial charge is 0.312 e. The zero-order valence-corrected chi connectivity index (χ0v) is 14.0. The Bertz CT molecular complexity index is 727. The first-order valence-electron chi connectivity index (χ1n) is 7.92. The van der Waals surface area contributed by atoms with Crippen LogP contribution in [0, 0.1) is 0 Å². The Balaban J connectivity index is 1.70. The summed E-state index contributed by atoms with van der Waals surface area (Å²) in [5, 5.41) is 5.32. The first-order chi connectivity index (χ1) is 12.0. The second-order valence-corrected chi connectivity index (χ2v) is 5.44. The van der Waals surface area contributed by atoms with Crippen molar-refractivity contribution in [2.75, 3.05) is 11.9 Å². The van der Waals surface area contributed by atoms with Gasteiger partial charge in [0, 0.05) is 19.2 Å². The molecule has 0 aliphatic rings. The van der Waals surface area contributed by atoms with Crippen LogP contribution in [0.5, 0.6) is 5.75 Å². The van der Waals surface area contributed by atoms with Crippen molar-refractivity contribution < 1.29 is 19.1 Å². The minimum absolute atomic E-state index is 0.0774. The van der Waals surface area contributed by atoms with Crippen LogP contribution in [0.15, 0.2) is 54.6 Å². The van der Waals surface area contributed by atoms with E-state index in [0.29, 0.717) is 11.4 Å². The Labute approximate surface area is 146 Å². The number of ether oxygens (including phenoxy) is 1. The van der Waals surface area contributed by atoms with Crippen molar-refractivity contribution in [3.8, 4) is 5.75 Å². The summed E-state index contributed by atoms with van der Waals surface area (Å²) in [5.41, 5.74) is 1.54. The van der Waals surface area contributed by atoms with Crippen LogP contribution in [0.4, 0.5) is 5.69 Å². The lowest BCUT2D eigenvalue weighted by molar-refractivity contribution is -0.134. The summed E-state index contributed by atoms with van der Waals surface area (Å²) in [7, 11) is 0. The number of amides is 2. The molecular formula is C19H20N2O4. The molecule has 130 valence electrons. The van der Waals surface area contributed by atoms with Gasteiger partial charge in [-0.2, -0.15) is 0 Å². The van der Waals surface area contributed by atoms with E-state index in [1.165, 1.54) is 6.92 Å². The molecule has 2 aromatic carbocycles. The number of anilines is 1. The molecule has 2 N–H and O–H groups in total. The van der Waals surface area contributed by atoms with E-state index < -0.39 is 5.97 Å². The number of esters is 1. The van der Waals surface area contributed by atoms with Crippen LogP contribution in [0.1, 0.15) is 18.9 Å². The maximum atomic E-state index is 11.8. The van der Waals surface area contributed by atoms with Crippen molar-refractivity contribution in [2.45, 2.75) is 19.8 Å². The maximum Gasteiger partial charge on any atom is 0.312 e. The summed E-state index contributed by atoms with van der Waals surface area (Å²) in [6, 6.07) is 15.9. The highest BCUT2D eigenvalue weighted by Gasteiger charge is 2.07. The molecule has 6 nitrogen and oxygen atoms in total. The van der Waals surface area contributed by atoms with Gasteiger partial charge in [0.25, 0.3) is 0 Å². The third kappa shape index (κ3) is 6.87. The van der Waals surface area contributed by atoms with Crippen molar-refractivity contribution in [3.63, 3.8) is 0 Å². The molecule has 0 fully saturated rings. The zero-order valence-electron chi connectivity index (χ0n) is 14.0. The first kappa shape index (κ1) is 18.2.